The quantitative estimate of drug-likeness (QED) is 0.364. The molecule has 0 aliphatic heterocycles. The van der Waals surface area contributed by atoms with E-state index in [9.17, 15) is 26.7 Å². The van der Waals surface area contributed by atoms with Crippen LogP contribution in [0.5, 0.6) is 0 Å². The van der Waals surface area contributed by atoms with Crippen molar-refractivity contribution in [2.45, 2.75) is 0 Å². The smallest absolute Gasteiger partial charge is 0.200 e. The average molecular weight is 273 g/mol. The summed E-state index contributed by atoms with van der Waals surface area (Å²) in [4.78, 5) is 14.0. The molecule has 2 rings (SSSR count). The first-order valence-corrected chi connectivity index (χ1v) is 4.90. The first-order chi connectivity index (χ1) is 8.97. The first-order valence-electron chi connectivity index (χ1n) is 4.90. The minimum absolute atomic E-state index is 0.00561. The lowest BCUT2D eigenvalue weighted by atomic mass is 10.1. The van der Waals surface area contributed by atoms with Gasteiger partial charge in [0.1, 0.15) is 6.29 Å². The molecule has 98 valence electrons. The van der Waals surface area contributed by atoms with E-state index in [-0.39, 0.29) is 5.56 Å². The van der Waals surface area contributed by atoms with Crippen LogP contribution in [0.25, 0.3) is 11.3 Å². The summed E-state index contributed by atoms with van der Waals surface area (Å²) < 4.78 is 65.8. The van der Waals surface area contributed by atoms with Crippen LogP contribution in [0, 0.1) is 29.1 Å². The van der Waals surface area contributed by atoms with Crippen LogP contribution in [0.1, 0.15) is 10.4 Å². The van der Waals surface area contributed by atoms with Gasteiger partial charge in [-0.3, -0.25) is 9.78 Å². The van der Waals surface area contributed by atoms with E-state index < -0.39 is 40.3 Å². The second-order valence-electron chi connectivity index (χ2n) is 3.54. The Morgan fingerprint density at radius 3 is 1.95 bits per heavy atom. The Kier molecular flexibility index (Phi) is 3.28. The zero-order valence-electron chi connectivity index (χ0n) is 9.05. The average Bonchev–Trinajstić information content (AvgIpc) is 2.43. The number of carbonyl (C=O) groups excluding carboxylic acids is 1. The molecule has 0 unspecified atom stereocenters. The molecule has 1 aromatic carbocycles. The van der Waals surface area contributed by atoms with Crippen molar-refractivity contribution < 1.29 is 26.7 Å². The zero-order valence-corrected chi connectivity index (χ0v) is 9.05. The molecule has 1 heterocycles. The predicted molar refractivity (Wildman–Crippen MR) is 54.9 cm³/mol. The number of hydrogen-bond donors (Lipinski definition) is 0. The number of nitrogens with zero attached hydrogens (tertiary/aromatic N) is 1. The highest BCUT2D eigenvalue weighted by Gasteiger charge is 2.27. The molecule has 1 aromatic heterocycles. The lowest BCUT2D eigenvalue weighted by Gasteiger charge is -2.07. The maximum atomic E-state index is 13.5. The number of benzene rings is 1. The van der Waals surface area contributed by atoms with Crippen molar-refractivity contribution in [3.05, 3.63) is 53.0 Å². The van der Waals surface area contributed by atoms with Gasteiger partial charge in [-0.1, -0.05) is 0 Å². The van der Waals surface area contributed by atoms with E-state index in [1.165, 1.54) is 6.07 Å². The van der Waals surface area contributed by atoms with Crippen molar-refractivity contribution in [2.75, 3.05) is 0 Å². The number of aldehydes is 1. The number of halogens is 5. The van der Waals surface area contributed by atoms with Crippen molar-refractivity contribution in [1.82, 2.24) is 4.98 Å². The molecule has 0 aliphatic carbocycles. The van der Waals surface area contributed by atoms with Gasteiger partial charge in [0.05, 0.1) is 11.3 Å². The van der Waals surface area contributed by atoms with E-state index in [0.29, 0.717) is 6.29 Å². The molecule has 0 radical (unpaired) electrons. The van der Waals surface area contributed by atoms with E-state index in [1.807, 2.05) is 0 Å². The summed E-state index contributed by atoms with van der Waals surface area (Å²) in [5.74, 6) is -10.4. The topological polar surface area (TPSA) is 30.0 Å². The van der Waals surface area contributed by atoms with Gasteiger partial charge >= 0.3 is 0 Å². The highest BCUT2D eigenvalue weighted by Crippen LogP contribution is 2.30. The normalized spacial score (nSPS) is 10.6. The standard InChI is InChI=1S/C12H4F5NO/c13-8-7(6-3-5(4-19)1-2-18-6)9(14)11(16)12(17)10(8)15/h1-4H. The minimum atomic E-state index is -2.25. The van der Waals surface area contributed by atoms with Crippen LogP contribution in [0.4, 0.5) is 22.0 Å². The van der Waals surface area contributed by atoms with Gasteiger partial charge in [-0.2, -0.15) is 0 Å². The van der Waals surface area contributed by atoms with Gasteiger partial charge in [0.25, 0.3) is 0 Å². The predicted octanol–water partition coefficient (Wildman–Crippen LogP) is 3.26. The summed E-state index contributed by atoms with van der Waals surface area (Å²) in [6.07, 6.45) is 1.38. The number of pyridine rings is 1. The van der Waals surface area contributed by atoms with Crippen molar-refractivity contribution >= 4 is 6.29 Å². The molecule has 2 nitrogen and oxygen atoms in total. The molecular weight excluding hydrogens is 269 g/mol. The lowest BCUT2D eigenvalue weighted by Crippen LogP contribution is -2.05. The minimum Gasteiger partial charge on any atom is -0.298 e. The molecule has 0 spiro atoms. The summed E-state index contributed by atoms with van der Waals surface area (Å²) in [6.45, 7) is 0. The number of rotatable bonds is 2. The second-order valence-corrected chi connectivity index (χ2v) is 3.54. The van der Waals surface area contributed by atoms with Gasteiger partial charge < -0.3 is 0 Å². The van der Waals surface area contributed by atoms with Gasteiger partial charge in [0, 0.05) is 11.8 Å². The van der Waals surface area contributed by atoms with E-state index >= 15 is 0 Å². The van der Waals surface area contributed by atoms with Gasteiger partial charge in [0.15, 0.2) is 23.3 Å². The van der Waals surface area contributed by atoms with E-state index in [1.54, 1.807) is 0 Å². The van der Waals surface area contributed by atoms with Crippen molar-refractivity contribution in [2.24, 2.45) is 0 Å². The molecule has 0 bridgehead atoms. The van der Waals surface area contributed by atoms with Crippen molar-refractivity contribution in [3.8, 4) is 11.3 Å². The Balaban J connectivity index is 2.78. The van der Waals surface area contributed by atoms with E-state index in [4.69, 9.17) is 0 Å². The molecule has 0 saturated carbocycles. The molecule has 0 N–H and O–H groups in total. The fraction of sp³-hybridized carbons (Fsp3) is 0. The maximum absolute atomic E-state index is 13.5. The molecule has 0 aliphatic rings. The van der Waals surface area contributed by atoms with E-state index in [0.717, 1.165) is 12.3 Å². The van der Waals surface area contributed by atoms with Crippen LogP contribution < -0.4 is 0 Å². The third-order valence-corrected chi connectivity index (χ3v) is 2.39. The summed E-state index contributed by atoms with van der Waals surface area (Å²) in [5.41, 5.74) is -1.69. The summed E-state index contributed by atoms with van der Waals surface area (Å²) in [5, 5.41) is 0. The number of carbonyl (C=O) groups is 1. The van der Waals surface area contributed by atoms with Crippen LogP contribution in [-0.4, -0.2) is 11.3 Å². The van der Waals surface area contributed by atoms with Crippen molar-refractivity contribution in [3.63, 3.8) is 0 Å². The fourth-order valence-corrected chi connectivity index (χ4v) is 1.49. The third-order valence-electron chi connectivity index (χ3n) is 2.39. The molecular formula is C12H4F5NO. The monoisotopic (exact) mass is 273 g/mol. The molecule has 0 fully saturated rings. The molecule has 0 saturated heterocycles. The SMILES string of the molecule is O=Cc1ccnc(-c2c(F)c(F)c(F)c(F)c2F)c1. The maximum Gasteiger partial charge on any atom is 0.200 e. The summed E-state index contributed by atoms with van der Waals surface area (Å²) in [6, 6.07) is 2.15. The first kappa shape index (κ1) is 13.1. The Morgan fingerprint density at radius 1 is 0.895 bits per heavy atom. The van der Waals surface area contributed by atoms with Gasteiger partial charge in [-0.15, -0.1) is 0 Å². The van der Waals surface area contributed by atoms with Crippen molar-refractivity contribution in [1.29, 1.82) is 0 Å². The Bertz CT molecular complexity index is 642. The Morgan fingerprint density at radius 2 is 1.42 bits per heavy atom. The van der Waals surface area contributed by atoms with Crippen LogP contribution >= 0.6 is 0 Å². The van der Waals surface area contributed by atoms with Gasteiger partial charge in [0.2, 0.25) is 5.82 Å². The molecule has 2 aromatic rings. The van der Waals surface area contributed by atoms with Gasteiger partial charge in [-0.05, 0) is 12.1 Å². The summed E-state index contributed by atoms with van der Waals surface area (Å²) in [7, 11) is 0. The third kappa shape index (κ3) is 2.07. The molecule has 19 heavy (non-hydrogen) atoms. The zero-order chi connectivity index (χ0) is 14.2. The van der Waals surface area contributed by atoms with Crippen LogP contribution in [0.2, 0.25) is 0 Å². The molecule has 7 heteroatoms. The van der Waals surface area contributed by atoms with Crippen LogP contribution in [0.3, 0.4) is 0 Å². The van der Waals surface area contributed by atoms with E-state index in [2.05, 4.69) is 4.98 Å². The Labute approximate surface area is 103 Å². The fourth-order valence-electron chi connectivity index (χ4n) is 1.49. The van der Waals surface area contributed by atoms with Crippen LogP contribution in [-0.2, 0) is 0 Å². The lowest BCUT2D eigenvalue weighted by molar-refractivity contribution is 0.112. The number of aromatic nitrogens is 1. The highest BCUT2D eigenvalue weighted by molar-refractivity contribution is 5.77. The number of hydrogen-bond acceptors (Lipinski definition) is 2. The van der Waals surface area contributed by atoms with Crippen LogP contribution in [0.15, 0.2) is 18.3 Å². The highest BCUT2D eigenvalue weighted by atomic mass is 19.2. The van der Waals surface area contributed by atoms with Gasteiger partial charge in [-0.25, -0.2) is 22.0 Å². The molecule has 0 atom stereocenters. The largest absolute Gasteiger partial charge is 0.298 e. The molecule has 0 amide bonds. The summed E-state index contributed by atoms with van der Waals surface area (Å²) >= 11 is 0. The Hall–Kier alpha value is -2.31. The second kappa shape index (κ2) is 4.75.